The topological polar surface area (TPSA) is 122 Å². The first-order chi connectivity index (χ1) is 10.8. The van der Waals surface area contributed by atoms with Gasteiger partial charge in [0.15, 0.2) is 0 Å². The third kappa shape index (κ3) is 4.60. The molecule has 23 heavy (non-hydrogen) atoms. The molecule has 0 radical (unpaired) electrons. The van der Waals surface area contributed by atoms with Crippen LogP contribution in [0.3, 0.4) is 0 Å². The number of nitrogens with zero attached hydrogens (tertiary/aromatic N) is 1. The van der Waals surface area contributed by atoms with Gasteiger partial charge in [0, 0.05) is 13.1 Å². The molecule has 2 rings (SSSR count). The minimum absolute atomic E-state index is 0.236. The van der Waals surface area contributed by atoms with Crippen molar-refractivity contribution in [2.75, 3.05) is 24.1 Å². The number of ether oxygens (including phenoxy) is 1. The number of anilines is 2. The highest BCUT2D eigenvalue weighted by molar-refractivity contribution is 5.88. The second kappa shape index (κ2) is 6.55. The number of hydrogen-bond donors (Lipinski definition) is 4. The van der Waals surface area contributed by atoms with E-state index < -0.39 is 11.7 Å². The van der Waals surface area contributed by atoms with Crippen molar-refractivity contribution in [1.29, 1.82) is 0 Å². The number of benzene rings is 1. The van der Waals surface area contributed by atoms with Crippen LogP contribution in [0.5, 0.6) is 0 Å². The van der Waals surface area contributed by atoms with Crippen LogP contribution in [0.15, 0.2) is 23.3 Å². The Balaban J connectivity index is 1.94. The van der Waals surface area contributed by atoms with Crippen LogP contribution in [0.4, 0.5) is 16.2 Å². The van der Waals surface area contributed by atoms with Gasteiger partial charge in [0.05, 0.1) is 28.6 Å². The number of amides is 1. The van der Waals surface area contributed by atoms with Gasteiger partial charge < -0.3 is 26.1 Å². The third-order valence-electron chi connectivity index (χ3n) is 2.92. The molecule has 124 valence electrons. The van der Waals surface area contributed by atoms with Crippen LogP contribution in [0.1, 0.15) is 20.8 Å². The van der Waals surface area contributed by atoms with Crippen molar-refractivity contribution in [3.8, 4) is 0 Å². The average Bonchev–Trinajstić information content (AvgIpc) is 2.43. The summed E-state index contributed by atoms with van der Waals surface area (Å²) in [6.07, 6.45) is 0.869. The third-order valence-corrected chi connectivity index (χ3v) is 2.92. The molecule has 8 nitrogen and oxygen atoms in total. The van der Waals surface area contributed by atoms with Crippen molar-refractivity contribution in [1.82, 2.24) is 15.3 Å². The minimum atomic E-state index is -0.529. The molecular weight excluding hydrogens is 298 g/mol. The van der Waals surface area contributed by atoms with Crippen LogP contribution in [0, 0.1) is 0 Å². The Hall–Kier alpha value is -2.77. The van der Waals surface area contributed by atoms with Crippen LogP contribution in [0.2, 0.25) is 0 Å². The van der Waals surface area contributed by atoms with E-state index in [2.05, 4.69) is 20.6 Å². The van der Waals surface area contributed by atoms with Crippen LogP contribution >= 0.6 is 0 Å². The molecule has 1 aromatic carbocycles. The Morgan fingerprint density at radius 2 is 2.09 bits per heavy atom. The normalized spacial score (nSPS) is 11.3. The lowest BCUT2D eigenvalue weighted by atomic mass is 10.2. The number of H-pyrrole nitrogens is 1. The van der Waals surface area contributed by atoms with Gasteiger partial charge in [-0.3, -0.25) is 4.79 Å². The van der Waals surface area contributed by atoms with E-state index in [1.807, 2.05) is 0 Å². The molecule has 0 aliphatic carbocycles. The lowest BCUT2D eigenvalue weighted by Gasteiger charge is -2.19. The Labute approximate surface area is 133 Å². The van der Waals surface area contributed by atoms with Gasteiger partial charge in [-0.1, -0.05) is 0 Å². The molecule has 0 unspecified atom stereocenters. The van der Waals surface area contributed by atoms with Crippen molar-refractivity contribution in [3.05, 3.63) is 28.8 Å². The maximum absolute atomic E-state index is 11.7. The molecule has 0 aliphatic rings. The fraction of sp³-hybridized carbons (Fsp3) is 0.400. The number of rotatable bonds is 4. The highest BCUT2D eigenvalue weighted by Crippen LogP contribution is 2.22. The molecule has 5 N–H and O–H groups in total. The number of aromatic nitrogens is 2. The lowest BCUT2D eigenvalue weighted by molar-refractivity contribution is 0.0530. The molecule has 8 heteroatoms. The molecule has 1 aromatic heterocycles. The molecule has 1 amide bonds. The van der Waals surface area contributed by atoms with Gasteiger partial charge in [0.2, 0.25) is 0 Å². The van der Waals surface area contributed by atoms with E-state index in [9.17, 15) is 9.59 Å². The summed E-state index contributed by atoms with van der Waals surface area (Å²) in [5.41, 5.74) is 6.80. The van der Waals surface area contributed by atoms with Crippen molar-refractivity contribution < 1.29 is 9.53 Å². The second-order valence-electron chi connectivity index (χ2n) is 6.04. The van der Waals surface area contributed by atoms with Gasteiger partial charge in [0.1, 0.15) is 5.60 Å². The summed E-state index contributed by atoms with van der Waals surface area (Å²) in [5.74, 6) is 0. The Kier molecular flexibility index (Phi) is 4.73. The Morgan fingerprint density at radius 3 is 2.78 bits per heavy atom. The largest absolute Gasteiger partial charge is 0.444 e. The molecule has 0 bridgehead atoms. The van der Waals surface area contributed by atoms with Crippen molar-refractivity contribution >= 4 is 28.4 Å². The molecule has 0 spiro atoms. The van der Waals surface area contributed by atoms with Gasteiger partial charge in [-0.25, -0.2) is 9.78 Å². The van der Waals surface area contributed by atoms with E-state index in [0.717, 1.165) is 0 Å². The summed E-state index contributed by atoms with van der Waals surface area (Å²) < 4.78 is 5.13. The van der Waals surface area contributed by atoms with Crippen LogP contribution < -0.4 is 21.9 Å². The minimum Gasteiger partial charge on any atom is -0.444 e. The Bertz CT molecular complexity index is 764. The molecule has 0 atom stereocenters. The zero-order chi connectivity index (χ0) is 17.0. The van der Waals surface area contributed by atoms with Crippen LogP contribution in [0.25, 0.3) is 10.9 Å². The maximum Gasteiger partial charge on any atom is 0.407 e. The molecule has 2 aromatic rings. The number of alkyl carbamates (subject to hydrolysis) is 1. The zero-order valence-corrected chi connectivity index (χ0v) is 13.4. The monoisotopic (exact) mass is 319 g/mol. The highest BCUT2D eigenvalue weighted by Gasteiger charge is 2.15. The van der Waals surface area contributed by atoms with Crippen molar-refractivity contribution in [3.63, 3.8) is 0 Å². The number of carbonyl (C=O) groups excluding carboxylic acids is 1. The molecular formula is C15H21N5O3. The summed E-state index contributed by atoms with van der Waals surface area (Å²) in [6, 6.07) is 3.28. The molecule has 0 fully saturated rings. The van der Waals surface area contributed by atoms with Gasteiger partial charge in [-0.05, 0) is 32.9 Å². The van der Waals surface area contributed by atoms with Gasteiger partial charge >= 0.3 is 6.09 Å². The molecule has 0 aliphatic heterocycles. The van der Waals surface area contributed by atoms with Gasteiger partial charge in [-0.2, -0.15) is 0 Å². The lowest BCUT2D eigenvalue weighted by Crippen LogP contribution is -2.35. The average molecular weight is 319 g/mol. The second-order valence-corrected chi connectivity index (χ2v) is 6.04. The first-order valence-corrected chi connectivity index (χ1v) is 7.24. The zero-order valence-electron chi connectivity index (χ0n) is 13.4. The number of nitrogens with two attached hydrogens (primary N) is 1. The van der Waals surface area contributed by atoms with E-state index >= 15 is 0 Å². The SMILES string of the molecule is CC(C)(C)OC(=O)NCCNc1cc2nc[nH]c(=O)c2cc1N. The molecule has 0 saturated carbocycles. The standard InChI is InChI=1S/C15H21N5O3/c1-15(2,3)23-14(22)18-5-4-17-12-7-11-9(6-10(12)16)13(21)20-8-19-11/h6-8,17H,4-5,16H2,1-3H3,(H,18,22)(H,19,20,21). The highest BCUT2D eigenvalue weighted by atomic mass is 16.6. The number of hydrogen-bond acceptors (Lipinski definition) is 6. The predicted molar refractivity (Wildman–Crippen MR) is 89.5 cm³/mol. The van der Waals surface area contributed by atoms with E-state index in [1.54, 1.807) is 32.9 Å². The number of nitrogens with one attached hydrogen (secondary N) is 3. The quantitative estimate of drug-likeness (QED) is 0.499. The van der Waals surface area contributed by atoms with E-state index in [-0.39, 0.29) is 5.56 Å². The summed E-state index contributed by atoms with van der Waals surface area (Å²) in [4.78, 5) is 29.8. The van der Waals surface area contributed by atoms with E-state index in [4.69, 9.17) is 10.5 Å². The predicted octanol–water partition coefficient (Wildman–Crippen LogP) is 1.44. The number of nitrogen functional groups attached to an aromatic ring is 1. The molecule has 0 saturated heterocycles. The maximum atomic E-state index is 11.7. The summed E-state index contributed by atoms with van der Waals surface area (Å²) in [5, 5.41) is 6.17. The first kappa shape index (κ1) is 16.6. The van der Waals surface area contributed by atoms with Crippen LogP contribution in [-0.4, -0.2) is 34.8 Å². The van der Waals surface area contributed by atoms with Crippen LogP contribution in [-0.2, 0) is 4.74 Å². The number of fused-ring (bicyclic) bond motifs is 1. The van der Waals surface area contributed by atoms with Crippen molar-refractivity contribution in [2.45, 2.75) is 26.4 Å². The summed E-state index contributed by atoms with van der Waals surface area (Å²) in [6.45, 7) is 6.23. The summed E-state index contributed by atoms with van der Waals surface area (Å²) >= 11 is 0. The van der Waals surface area contributed by atoms with E-state index in [1.165, 1.54) is 6.33 Å². The molecule has 1 heterocycles. The Morgan fingerprint density at radius 1 is 1.35 bits per heavy atom. The first-order valence-electron chi connectivity index (χ1n) is 7.24. The van der Waals surface area contributed by atoms with Gasteiger partial charge in [-0.15, -0.1) is 0 Å². The summed E-state index contributed by atoms with van der Waals surface area (Å²) in [7, 11) is 0. The number of carbonyl (C=O) groups is 1. The van der Waals surface area contributed by atoms with Crippen molar-refractivity contribution in [2.24, 2.45) is 0 Å². The number of aromatic amines is 1. The fourth-order valence-electron chi connectivity index (χ4n) is 1.96. The smallest absolute Gasteiger partial charge is 0.407 e. The van der Waals surface area contributed by atoms with E-state index in [0.29, 0.717) is 35.4 Å². The fourth-order valence-corrected chi connectivity index (χ4v) is 1.96. The van der Waals surface area contributed by atoms with Gasteiger partial charge in [0.25, 0.3) is 5.56 Å².